The quantitative estimate of drug-likeness (QED) is 0.157. The van der Waals surface area contributed by atoms with Gasteiger partial charge in [-0.2, -0.15) is 0 Å². The highest BCUT2D eigenvalue weighted by atomic mass is 15.0. The smallest absolute Gasteiger partial charge is 0.0541 e. The molecule has 0 spiro atoms. The highest BCUT2D eigenvalue weighted by molar-refractivity contribution is 6.12. The summed E-state index contributed by atoms with van der Waals surface area (Å²) in [6, 6.07) is 108. The molecule has 0 radical (unpaired) electrons. The molecule has 16 aromatic rings. The Hall–Kier alpha value is -11.3. The minimum Gasteiger partial charge on any atom is -0.309 e. The van der Waals surface area contributed by atoms with E-state index < -0.39 is 0 Å². The van der Waals surface area contributed by atoms with E-state index in [4.69, 9.17) is 0 Å². The normalized spacial score (nSPS) is 15.8. The fourth-order valence-corrected chi connectivity index (χ4v) is 19.8. The summed E-state index contributed by atoms with van der Waals surface area (Å²) >= 11 is 0. The van der Waals surface area contributed by atoms with Crippen molar-refractivity contribution in [3.8, 4) is 112 Å². The van der Waals surface area contributed by atoms with Crippen LogP contribution in [0.15, 0.2) is 279 Å². The standard InChI is InChI=1S/C99H76N2/c1-95(2)81-23-15-11-19-67(81)75-43-35-65(55-89(75)95)100-91-25-17-13-21-77(91)79-47-57(33-45-93(79)100)59-27-37-69-71-39-29-61(51-85(71)97(5,6)83(69)49-59)63-31-41-73-74-42-32-64(54-88(74)99(9,10)87(73)53-63)62-30-40-72-70-38-28-60(50-84(70)98(7,8)86(72)52-62)58-34-46-94-80(48-58)78-22-14-18-26-92(78)101(94)66-36-44-76-68-20-12-16-24-82(68)96(3,4)90(76)56-66/h11-56H,1-10H3. The molecule has 21 rings (SSSR count). The highest BCUT2D eigenvalue weighted by Crippen LogP contribution is 2.57. The van der Waals surface area contributed by atoms with E-state index in [0.29, 0.717) is 0 Å². The SMILES string of the molecule is CC1(C)c2cc(-c3ccc4c(c3)C(C)(C)c3cc(-c5ccc6c(c5)c5ccccc5n6-c5ccc6c(c5)C(C)(C)c5ccccc5-6)ccc3-4)ccc2-c2ccc(-c3ccc4c(c3)C(C)(C)c3cc(-c5ccc6c(c5)c5ccccc5n6-c5ccc6c(c5)C(C)(C)c5ccccc5-6)ccc3-4)cc21. The van der Waals surface area contributed by atoms with Crippen LogP contribution in [0.1, 0.15) is 125 Å². The average molecular weight is 1290 g/mol. The van der Waals surface area contributed by atoms with Crippen molar-refractivity contribution in [2.75, 3.05) is 0 Å². The molecule has 0 saturated carbocycles. The second kappa shape index (κ2) is 20.0. The molecule has 101 heavy (non-hydrogen) atoms. The summed E-state index contributed by atoms with van der Waals surface area (Å²) in [6.45, 7) is 24.0. The number of nitrogens with zero attached hydrogens (tertiary/aromatic N) is 2. The maximum absolute atomic E-state index is 2.50. The second-order valence-electron chi connectivity index (χ2n) is 32.4. The zero-order valence-electron chi connectivity index (χ0n) is 59.0. The van der Waals surface area contributed by atoms with Gasteiger partial charge in [0.25, 0.3) is 0 Å². The lowest BCUT2D eigenvalue weighted by Gasteiger charge is -2.24. The van der Waals surface area contributed by atoms with E-state index in [0.717, 1.165) is 0 Å². The monoisotopic (exact) mass is 1290 g/mol. The minimum absolute atomic E-state index is 0.0766. The molecule has 2 heteroatoms. The van der Waals surface area contributed by atoms with Gasteiger partial charge in [0.1, 0.15) is 0 Å². The van der Waals surface area contributed by atoms with Crippen LogP contribution in [0, 0.1) is 0 Å². The number of benzene rings is 14. The first-order chi connectivity index (χ1) is 48.8. The van der Waals surface area contributed by atoms with Crippen molar-refractivity contribution in [1.29, 1.82) is 0 Å². The Balaban J connectivity index is 0.554. The van der Waals surface area contributed by atoms with Gasteiger partial charge in [-0.05, 0) is 253 Å². The lowest BCUT2D eigenvalue weighted by Crippen LogP contribution is -2.16. The van der Waals surface area contributed by atoms with Crippen LogP contribution in [0.4, 0.5) is 0 Å². The summed E-state index contributed by atoms with van der Waals surface area (Å²) in [4.78, 5) is 0. The third-order valence-electron chi connectivity index (χ3n) is 25.4. The number of para-hydroxylation sites is 2. The Bertz CT molecular complexity index is 6030. The van der Waals surface area contributed by atoms with Crippen molar-refractivity contribution in [2.24, 2.45) is 0 Å². The van der Waals surface area contributed by atoms with E-state index in [-0.39, 0.29) is 27.1 Å². The molecule has 0 bridgehead atoms. The van der Waals surface area contributed by atoms with Crippen LogP contribution in [-0.4, -0.2) is 9.13 Å². The summed E-state index contributed by atoms with van der Waals surface area (Å²) in [6.07, 6.45) is 0. The lowest BCUT2D eigenvalue weighted by atomic mass is 9.79. The van der Waals surface area contributed by atoms with Crippen LogP contribution in [-0.2, 0) is 27.1 Å². The third-order valence-corrected chi connectivity index (χ3v) is 25.4. The topological polar surface area (TPSA) is 9.86 Å². The maximum Gasteiger partial charge on any atom is 0.0541 e. The van der Waals surface area contributed by atoms with E-state index in [2.05, 4.69) is 357 Å². The number of hydrogen-bond donors (Lipinski definition) is 0. The predicted molar refractivity (Wildman–Crippen MR) is 425 cm³/mol. The Morgan fingerprint density at radius 1 is 0.168 bits per heavy atom. The average Bonchev–Trinajstić information content (AvgIpc) is 1.58. The molecule has 2 heterocycles. The summed E-state index contributed by atoms with van der Waals surface area (Å²) in [5, 5.41) is 5.09. The molecule has 2 aromatic heterocycles. The van der Waals surface area contributed by atoms with Crippen molar-refractivity contribution in [1.82, 2.24) is 9.13 Å². The first-order valence-corrected chi connectivity index (χ1v) is 36.3. The molecule has 5 aliphatic rings. The molecule has 0 unspecified atom stereocenters. The zero-order valence-corrected chi connectivity index (χ0v) is 59.0. The molecule has 2 nitrogen and oxygen atoms in total. The van der Waals surface area contributed by atoms with Gasteiger partial charge in [0.05, 0.1) is 22.1 Å². The second-order valence-corrected chi connectivity index (χ2v) is 32.4. The molecular weight excluding hydrogens is 1220 g/mol. The Kier molecular flexibility index (Phi) is 11.6. The van der Waals surface area contributed by atoms with E-state index >= 15 is 0 Å². The van der Waals surface area contributed by atoms with Gasteiger partial charge < -0.3 is 9.13 Å². The van der Waals surface area contributed by atoms with Crippen LogP contribution in [0.3, 0.4) is 0 Å². The first kappa shape index (κ1) is 58.6. The molecule has 0 saturated heterocycles. The van der Waals surface area contributed by atoms with Gasteiger partial charge in [0.2, 0.25) is 0 Å². The van der Waals surface area contributed by atoms with Crippen LogP contribution in [0.25, 0.3) is 155 Å². The third kappa shape index (κ3) is 7.89. The molecule has 5 aliphatic carbocycles. The molecule has 0 N–H and O–H groups in total. The first-order valence-electron chi connectivity index (χ1n) is 36.3. The largest absolute Gasteiger partial charge is 0.309 e. The van der Waals surface area contributed by atoms with Crippen molar-refractivity contribution >= 4 is 43.6 Å². The fraction of sp³-hybridized carbons (Fsp3) is 0.152. The number of rotatable bonds is 6. The molecule has 0 atom stereocenters. The van der Waals surface area contributed by atoms with E-state index in [1.54, 1.807) is 0 Å². The predicted octanol–water partition coefficient (Wildman–Crippen LogP) is 26.1. The minimum atomic E-state index is -0.199. The summed E-state index contributed by atoms with van der Waals surface area (Å²) in [5.41, 5.74) is 43.9. The summed E-state index contributed by atoms with van der Waals surface area (Å²) < 4.78 is 4.95. The lowest BCUT2D eigenvalue weighted by molar-refractivity contribution is 0.659. The van der Waals surface area contributed by atoms with Crippen molar-refractivity contribution in [3.63, 3.8) is 0 Å². The van der Waals surface area contributed by atoms with Crippen LogP contribution in [0.2, 0.25) is 0 Å². The van der Waals surface area contributed by atoms with Gasteiger partial charge in [-0.25, -0.2) is 0 Å². The fourth-order valence-electron chi connectivity index (χ4n) is 19.8. The molecular formula is C99H76N2. The summed E-state index contributed by atoms with van der Waals surface area (Å²) in [5.74, 6) is 0. The molecule has 0 aliphatic heterocycles. The van der Waals surface area contributed by atoms with Gasteiger partial charge in [0, 0.05) is 60.0 Å². The number of aromatic nitrogens is 2. The molecule has 0 fully saturated rings. The van der Waals surface area contributed by atoms with Gasteiger partial charge >= 0.3 is 0 Å². The van der Waals surface area contributed by atoms with Crippen LogP contribution >= 0.6 is 0 Å². The maximum atomic E-state index is 2.50. The van der Waals surface area contributed by atoms with Gasteiger partial charge in [-0.1, -0.05) is 251 Å². The molecule has 482 valence electrons. The highest BCUT2D eigenvalue weighted by Gasteiger charge is 2.42. The number of fused-ring (bicyclic) bond motifs is 21. The van der Waals surface area contributed by atoms with Crippen LogP contribution in [0.5, 0.6) is 0 Å². The Morgan fingerprint density at radius 3 is 0.703 bits per heavy atom. The molecule has 0 amide bonds. The van der Waals surface area contributed by atoms with Crippen molar-refractivity contribution in [3.05, 3.63) is 335 Å². The van der Waals surface area contributed by atoms with Gasteiger partial charge in [-0.3, -0.25) is 0 Å². The Labute approximate surface area is 591 Å². The zero-order chi connectivity index (χ0) is 68.1. The van der Waals surface area contributed by atoms with Crippen molar-refractivity contribution < 1.29 is 0 Å². The summed E-state index contributed by atoms with van der Waals surface area (Å²) in [7, 11) is 0. The van der Waals surface area contributed by atoms with Crippen molar-refractivity contribution in [2.45, 2.75) is 96.3 Å². The van der Waals surface area contributed by atoms with Gasteiger partial charge in [0.15, 0.2) is 0 Å². The number of hydrogen-bond acceptors (Lipinski definition) is 0. The molecule has 14 aromatic carbocycles. The van der Waals surface area contributed by atoms with Gasteiger partial charge in [-0.15, -0.1) is 0 Å². The van der Waals surface area contributed by atoms with Crippen LogP contribution < -0.4 is 0 Å². The van der Waals surface area contributed by atoms with E-state index in [1.807, 2.05) is 0 Å². The Morgan fingerprint density at radius 2 is 0.386 bits per heavy atom. The van der Waals surface area contributed by atoms with E-state index in [9.17, 15) is 0 Å². The van der Waals surface area contributed by atoms with E-state index in [1.165, 1.54) is 211 Å².